The predicted molar refractivity (Wildman–Crippen MR) is 67.1 cm³/mol. The van der Waals surface area contributed by atoms with Crippen molar-refractivity contribution in [3.05, 3.63) is 29.8 Å². The Morgan fingerprint density at radius 2 is 2.05 bits per heavy atom. The second-order valence-corrected chi connectivity index (χ2v) is 5.99. The van der Waals surface area contributed by atoms with Crippen molar-refractivity contribution >= 4 is 10.0 Å². The molecule has 0 radical (unpaired) electrons. The second kappa shape index (κ2) is 6.57. The highest BCUT2D eigenvalue weighted by atomic mass is 32.2. The number of nitrogens with one attached hydrogen (secondary N) is 1. The van der Waals surface area contributed by atoms with Crippen molar-refractivity contribution in [1.29, 1.82) is 0 Å². The highest BCUT2D eigenvalue weighted by molar-refractivity contribution is 7.89. The molecule has 2 rings (SSSR count). The minimum atomic E-state index is -4.00. The minimum absolute atomic E-state index is 0.0140. The van der Waals surface area contributed by atoms with Crippen molar-refractivity contribution in [3.63, 3.8) is 0 Å². The van der Waals surface area contributed by atoms with Gasteiger partial charge in [0.1, 0.15) is 0 Å². The zero-order valence-corrected chi connectivity index (χ0v) is 11.4. The van der Waals surface area contributed by atoms with Crippen molar-refractivity contribution in [1.82, 2.24) is 4.72 Å². The van der Waals surface area contributed by atoms with Gasteiger partial charge < -0.3 is 9.47 Å². The molecule has 0 spiro atoms. The first-order valence-electron chi connectivity index (χ1n) is 6.07. The first kappa shape index (κ1) is 15.3. The van der Waals surface area contributed by atoms with Crippen LogP contribution in [-0.2, 0) is 19.5 Å². The van der Waals surface area contributed by atoms with Gasteiger partial charge in [-0.2, -0.15) is 0 Å². The number of hydrogen-bond acceptors (Lipinski definition) is 4. The quantitative estimate of drug-likeness (QED) is 0.891. The van der Waals surface area contributed by atoms with Gasteiger partial charge in [-0.05, 0) is 6.07 Å². The number of sulfonamides is 1. The molecule has 5 nitrogen and oxygen atoms in total. The van der Waals surface area contributed by atoms with E-state index < -0.39 is 33.0 Å². The Balaban J connectivity index is 2.10. The van der Waals surface area contributed by atoms with Gasteiger partial charge in [-0.15, -0.1) is 0 Å². The molecule has 1 aromatic carbocycles. The van der Waals surface area contributed by atoms with E-state index in [0.717, 1.165) is 12.1 Å². The average Bonchev–Trinajstić information content (AvgIpc) is 2.46. The first-order chi connectivity index (χ1) is 9.50. The third-order valence-electron chi connectivity index (χ3n) is 2.83. The highest BCUT2D eigenvalue weighted by Crippen LogP contribution is 2.25. The highest BCUT2D eigenvalue weighted by Gasteiger charge is 2.24. The van der Waals surface area contributed by atoms with Crippen LogP contribution in [0, 0.1) is 0 Å². The molecule has 0 aromatic heterocycles. The van der Waals surface area contributed by atoms with E-state index in [0.29, 0.717) is 13.2 Å². The fourth-order valence-corrected chi connectivity index (χ4v) is 3.13. The zero-order chi connectivity index (χ0) is 14.6. The number of halogens is 2. The summed E-state index contributed by atoms with van der Waals surface area (Å²) in [6, 6.07) is 5.03. The van der Waals surface area contributed by atoms with Crippen molar-refractivity contribution in [2.24, 2.45) is 0 Å². The van der Waals surface area contributed by atoms with Gasteiger partial charge in [0.15, 0.2) is 0 Å². The van der Waals surface area contributed by atoms with Crippen molar-refractivity contribution in [2.45, 2.75) is 17.4 Å². The molecule has 1 aliphatic rings. The molecular formula is C12H15F2NO4S. The summed E-state index contributed by atoms with van der Waals surface area (Å²) in [6.07, 6.45) is -3.26. The summed E-state index contributed by atoms with van der Waals surface area (Å²) in [6.45, 7) is 1.12. The van der Waals surface area contributed by atoms with E-state index in [9.17, 15) is 17.2 Å². The summed E-state index contributed by atoms with van der Waals surface area (Å²) in [5, 5.41) is 0. The van der Waals surface area contributed by atoms with Gasteiger partial charge in [0.2, 0.25) is 10.0 Å². The summed E-state index contributed by atoms with van der Waals surface area (Å²) < 4.78 is 62.4. The lowest BCUT2D eigenvalue weighted by Gasteiger charge is -2.23. The second-order valence-electron chi connectivity index (χ2n) is 4.26. The van der Waals surface area contributed by atoms with Gasteiger partial charge in [-0.25, -0.2) is 21.9 Å². The largest absolute Gasteiger partial charge is 0.376 e. The zero-order valence-electron chi connectivity index (χ0n) is 10.6. The molecule has 20 heavy (non-hydrogen) atoms. The van der Waals surface area contributed by atoms with Crippen LogP contribution >= 0.6 is 0 Å². The van der Waals surface area contributed by atoms with E-state index in [-0.39, 0.29) is 13.2 Å². The van der Waals surface area contributed by atoms with Crippen LogP contribution in [0.25, 0.3) is 0 Å². The maximum Gasteiger partial charge on any atom is 0.265 e. The molecule has 1 fully saturated rings. The molecule has 1 unspecified atom stereocenters. The molecular weight excluding hydrogens is 292 g/mol. The predicted octanol–water partition coefficient (Wildman–Crippen LogP) is 1.32. The molecule has 1 saturated heterocycles. The van der Waals surface area contributed by atoms with E-state index in [2.05, 4.69) is 4.72 Å². The molecule has 0 aliphatic carbocycles. The lowest BCUT2D eigenvalue weighted by Crippen LogP contribution is -2.39. The Labute approximate surface area is 115 Å². The summed E-state index contributed by atoms with van der Waals surface area (Å²) in [4.78, 5) is -0.410. The molecule has 0 amide bonds. The van der Waals surface area contributed by atoms with E-state index >= 15 is 0 Å². The molecule has 0 bridgehead atoms. The standard InChI is InChI=1S/C12H15F2NO4S/c13-12(14)10-3-1-2-4-11(10)20(16,17)15-7-9-8-18-5-6-19-9/h1-4,9,12,15H,5-8H2. The summed E-state index contributed by atoms with van der Waals surface area (Å²) in [5.41, 5.74) is -0.513. The van der Waals surface area contributed by atoms with E-state index in [1.165, 1.54) is 12.1 Å². The molecule has 112 valence electrons. The average molecular weight is 307 g/mol. The molecule has 1 aliphatic heterocycles. The number of rotatable bonds is 5. The van der Waals surface area contributed by atoms with Gasteiger partial charge in [-0.1, -0.05) is 18.2 Å². The number of benzene rings is 1. The molecule has 0 saturated carbocycles. The smallest absolute Gasteiger partial charge is 0.265 e. The molecule has 1 heterocycles. The Kier molecular flexibility index (Phi) is 5.03. The molecule has 1 aromatic rings. The SMILES string of the molecule is O=S(=O)(NCC1COCCO1)c1ccccc1C(F)F. The minimum Gasteiger partial charge on any atom is -0.376 e. The van der Waals surface area contributed by atoms with E-state index in [4.69, 9.17) is 9.47 Å². The van der Waals surface area contributed by atoms with Crippen molar-refractivity contribution < 1.29 is 26.7 Å². The molecule has 1 N–H and O–H groups in total. The third-order valence-corrected chi connectivity index (χ3v) is 4.33. The maximum atomic E-state index is 12.8. The summed E-state index contributed by atoms with van der Waals surface area (Å²) in [7, 11) is -4.00. The van der Waals surface area contributed by atoms with Crippen LogP contribution in [-0.4, -0.2) is 40.9 Å². The lowest BCUT2D eigenvalue weighted by atomic mass is 10.2. The van der Waals surface area contributed by atoms with Crippen LogP contribution in [0.3, 0.4) is 0 Å². The Bertz CT molecular complexity index is 544. The van der Waals surface area contributed by atoms with Gasteiger partial charge >= 0.3 is 0 Å². The Hall–Kier alpha value is -1.09. The normalized spacial score (nSPS) is 20.2. The number of alkyl halides is 2. The van der Waals surface area contributed by atoms with E-state index in [1.54, 1.807) is 0 Å². The van der Waals surface area contributed by atoms with Crippen LogP contribution < -0.4 is 4.72 Å². The number of ether oxygens (including phenoxy) is 2. The van der Waals surface area contributed by atoms with Gasteiger partial charge in [-0.3, -0.25) is 0 Å². The van der Waals surface area contributed by atoms with Crippen LogP contribution in [0.1, 0.15) is 12.0 Å². The summed E-state index contributed by atoms with van der Waals surface area (Å²) in [5.74, 6) is 0. The topological polar surface area (TPSA) is 64.6 Å². The van der Waals surface area contributed by atoms with Crippen LogP contribution in [0.2, 0.25) is 0 Å². The van der Waals surface area contributed by atoms with Crippen LogP contribution in [0.4, 0.5) is 8.78 Å². The van der Waals surface area contributed by atoms with Gasteiger partial charge in [0.05, 0.1) is 30.8 Å². The fraction of sp³-hybridized carbons (Fsp3) is 0.500. The Morgan fingerprint density at radius 1 is 1.30 bits per heavy atom. The van der Waals surface area contributed by atoms with Crippen LogP contribution in [0.15, 0.2) is 29.2 Å². The first-order valence-corrected chi connectivity index (χ1v) is 7.55. The number of hydrogen-bond donors (Lipinski definition) is 1. The Morgan fingerprint density at radius 3 is 2.70 bits per heavy atom. The monoisotopic (exact) mass is 307 g/mol. The van der Waals surface area contributed by atoms with Crippen LogP contribution in [0.5, 0.6) is 0 Å². The maximum absolute atomic E-state index is 12.8. The molecule has 8 heteroatoms. The lowest BCUT2D eigenvalue weighted by molar-refractivity contribution is -0.0846. The van der Waals surface area contributed by atoms with Crippen molar-refractivity contribution in [2.75, 3.05) is 26.4 Å². The summed E-state index contributed by atoms with van der Waals surface area (Å²) >= 11 is 0. The van der Waals surface area contributed by atoms with Gasteiger partial charge in [0.25, 0.3) is 6.43 Å². The fourth-order valence-electron chi connectivity index (χ4n) is 1.84. The molecule has 1 atom stereocenters. The van der Waals surface area contributed by atoms with Crippen molar-refractivity contribution in [3.8, 4) is 0 Å². The third kappa shape index (κ3) is 3.72. The van der Waals surface area contributed by atoms with Gasteiger partial charge in [0, 0.05) is 12.1 Å². The van der Waals surface area contributed by atoms with E-state index in [1.807, 2.05) is 0 Å².